The summed E-state index contributed by atoms with van der Waals surface area (Å²) in [6.07, 6.45) is 15.3. The number of allylic oxidation sites excluding steroid dienone is 4. The number of hydrogen-bond acceptors (Lipinski definition) is 4. The molecule has 0 spiro atoms. The third-order valence-corrected chi connectivity index (χ3v) is 6.88. The number of carbonyl (C=O) groups is 1. The lowest BCUT2D eigenvalue weighted by atomic mass is 9.96. The van der Waals surface area contributed by atoms with E-state index in [9.17, 15) is 9.90 Å². The summed E-state index contributed by atoms with van der Waals surface area (Å²) in [7, 11) is 0. The highest BCUT2D eigenvalue weighted by Crippen LogP contribution is 2.40. The van der Waals surface area contributed by atoms with Crippen molar-refractivity contribution in [2.75, 3.05) is 4.90 Å². The zero-order valence-electron chi connectivity index (χ0n) is 20.4. The molecule has 2 aromatic carbocycles. The molecule has 2 aromatic heterocycles. The minimum absolute atomic E-state index is 0.152. The first kappa shape index (κ1) is 22.4. The Bertz CT molecular complexity index is 1520. The number of pyridine rings is 1. The van der Waals surface area contributed by atoms with Gasteiger partial charge in [0.2, 0.25) is 5.91 Å². The minimum atomic E-state index is -0.821. The standard InChI is InChI=1S/C30H28N4O2/c1-30(2,36)19-33-18-24(16-32-33)20-7-9-21(10-8-20)27-17-31-15-23-11-12-25(14-26(23)27)34-28-6-4-3-5-22(28)13-29(34)35/h3-4,6-12,14-18,22,36H,5,13,19H2,1-2H3. The molecule has 1 aliphatic carbocycles. The summed E-state index contributed by atoms with van der Waals surface area (Å²) in [6.45, 7) is 3.98. The van der Waals surface area contributed by atoms with Gasteiger partial charge in [-0.25, -0.2) is 0 Å². The molecule has 3 heterocycles. The molecule has 1 saturated heterocycles. The number of nitrogens with zero attached hydrogens (tertiary/aromatic N) is 4. The number of hydrogen-bond donors (Lipinski definition) is 1. The molecule has 0 saturated carbocycles. The van der Waals surface area contributed by atoms with Crippen molar-refractivity contribution in [1.29, 1.82) is 0 Å². The number of aromatic nitrogens is 3. The molecule has 2 aliphatic rings. The first-order valence-electron chi connectivity index (χ1n) is 12.3. The van der Waals surface area contributed by atoms with E-state index < -0.39 is 5.60 Å². The van der Waals surface area contributed by atoms with E-state index in [0.717, 1.165) is 50.8 Å². The van der Waals surface area contributed by atoms with Gasteiger partial charge in [-0.2, -0.15) is 5.10 Å². The summed E-state index contributed by atoms with van der Waals surface area (Å²) in [5, 5.41) is 16.6. The molecule has 6 heteroatoms. The van der Waals surface area contributed by atoms with Gasteiger partial charge in [-0.05, 0) is 55.0 Å². The van der Waals surface area contributed by atoms with Gasteiger partial charge in [0.1, 0.15) is 0 Å². The maximum atomic E-state index is 12.9. The fraction of sp³-hybridized carbons (Fsp3) is 0.233. The SMILES string of the molecule is CC(C)(O)Cn1cc(-c2ccc(-c3cncc4ccc(N5C(=O)CC6CC=CC=C65)cc34)cc2)cn1. The Balaban J connectivity index is 1.34. The van der Waals surface area contributed by atoms with E-state index >= 15 is 0 Å². The van der Waals surface area contributed by atoms with Crippen molar-refractivity contribution >= 4 is 22.4 Å². The molecule has 180 valence electrons. The van der Waals surface area contributed by atoms with Crippen LogP contribution in [-0.4, -0.2) is 31.4 Å². The van der Waals surface area contributed by atoms with E-state index in [1.807, 2.05) is 47.9 Å². The molecule has 1 unspecified atom stereocenters. The number of rotatable bonds is 5. The lowest BCUT2D eigenvalue weighted by molar-refractivity contribution is -0.117. The summed E-state index contributed by atoms with van der Waals surface area (Å²) in [5.74, 6) is 0.426. The topological polar surface area (TPSA) is 71.2 Å². The molecule has 1 fully saturated rings. The van der Waals surface area contributed by atoms with E-state index in [2.05, 4.69) is 52.6 Å². The van der Waals surface area contributed by atoms with Crippen LogP contribution in [0.5, 0.6) is 0 Å². The Hall–Kier alpha value is -4.03. The Kier molecular flexibility index (Phi) is 5.34. The van der Waals surface area contributed by atoms with Crippen molar-refractivity contribution in [2.45, 2.75) is 38.8 Å². The zero-order valence-corrected chi connectivity index (χ0v) is 20.4. The van der Waals surface area contributed by atoms with E-state index in [1.165, 1.54) is 0 Å². The third kappa shape index (κ3) is 4.14. The Labute approximate surface area is 210 Å². The maximum absolute atomic E-state index is 12.9. The first-order valence-corrected chi connectivity index (χ1v) is 12.3. The molecule has 1 N–H and O–H groups in total. The minimum Gasteiger partial charge on any atom is -0.389 e. The zero-order chi connectivity index (χ0) is 24.9. The van der Waals surface area contributed by atoms with Crippen LogP contribution in [-0.2, 0) is 11.3 Å². The van der Waals surface area contributed by atoms with E-state index in [4.69, 9.17) is 0 Å². The van der Waals surface area contributed by atoms with Gasteiger partial charge in [-0.3, -0.25) is 19.4 Å². The van der Waals surface area contributed by atoms with Crippen LogP contribution in [0.1, 0.15) is 26.7 Å². The van der Waals surface area contributed by atoms with E-state index in [1.54, 1.807) is 18.5 Å². The van der Waals surface area contributed by atoms with E-state index in [0.29, 0.717) is 13.0 Å². The summed E-state index contributed by atoms with van der Waals surface area (Å²) in [6, 6.07) is 14.5. The number of anilines is 1. The summed E-state index contributed by atoms with van der Waals surface area (Å²) in [5.41, 5.74) is 5.31. The normalized spacial score (nSPS) is 17.5. The Morgan fingerprint density at radius 2 is 1.83 bits per heavy atom. The second-order valence-corrected chi connectivity index (χ2v) is 10.3. The highest BCUT2D eigenvalue weighted by atomic mass is 16.3. The average molecular weight is 477 g/mol. The number of aliphatic hydroxyl groups is 1. The summed E-state index contributed by atoms with van der Waals surface area (Å²) in [4.78, 5) is 19.3. The van der Waals surface area contributed by atoms with Gasteiger partial charge in [0.05, 0.1) is 18.3 Å². The molecular formula is C30H28N4O2. The maximum Gasteiger partial charge on any atom is 0.231 e. The van der Waals surface area contributed by atoms with Crippen LogP contribution in [0.15, 0.2) is 91.2 Å². The van der Waals surface area contributed by atoms with Crippen molar-refractivity contribution in [3.8, 4) is 22.3 Å². The highest BCUT2D eigenvalue weighted by molar-refractivity contribution is 6.04. The van der Waals surface area contributed by atoms with Gasteiger partial charge in [0.15, 0.2) is 0 Å². The van der Waals surface area contributed by atoms with Gasteiger partial charge < -0.3 is 5.11 Å². The largest absolute Gasteiger partial charge is 0.389 e. The molecule has 6 nitrogen and oxygen atoms in total. The van der Waals surface area contributed by atoms with Crippen molar-refractivity contribution in [3.05, 3.63) is 91.2 Å². The predicted octanol–water partition coefficient (Wildman–Crippen LogP) is 5.73. The number of carbonyl (C=O) groups excluding carboxylic acids is 1. The van der Waals surface area contributed by atoms with Crippen LogP contribution in [0, 0.1) is 5.92 Å². The van der Waals surface area contributed by atoms with Crippen molar-refractivity contribution in [1.82, 2.24) is 14.8 Å². The Morgan fingerprint density at radius 3 is 2.64 bits per heavy atom. The molecular weight excluding hydrogens is 448 g/mol. The molecule has 0 radical (unpaired) electrons. The molecule has 1 atom stereocenters. The molecule has 36 heavy (non-hydrogen) atoms. The van der Waals surface area contributed by atoms with Crippen molar-refractivity contribution in [2.24, 2.45) is 5.92 Å². The Morgan fingerprint density at radius 1 is 1.03 bits per heavy atom. The van der Waals surface area contributed by atoms with Crippen LogP contribution < -0.4 is 4.90 Å². The third-order valence-electron chi connectivity index (χ3n) is 6.88. The molecule has 4 aromatic rings. The first-order chi connectivity index (χ1) is 17.4. The van der Waals surface area contributed by atoms with Crippen LogP contribution in [0.4, 0.5) is 5.69 Å². The number of benzene rings is 2. The van der Waals surface area contributed by atoms with E-state index in [-0.39, 0.29) is 11.8 Å². The van der Waals surface area contributed by atoms with Gasteiger partial charge in [0, 0.05) is 58.8 Å². The molecule has 1 aliphatic heterocycles. The fourth-order valence-electron chi connectivity index (χ4n) is 5.21. The quantitative estimate of drug-likeness (QED) is 0.399. The van der Waals surface area contributed by atoms with Crippen molar-refractivity contribution < 1.29 is 9.90 Å². The molecule has 0 bridgehead atoms. The van der Waals surface area contributed by atoms with Gasteiger partial charge in [-0.1, -0.05) is 42.5 Å². The molecule has 6 rings (SSSR count). The smallest absolute Gasteiger partial charge is 0.231 e. The summed E-state index contributed by atoms with van der Waals surface area (Å²) >= 11 is 0. The molecule has 1 amide bonds. The fourth-order valence-corrected chi connectivity index (χ4v) is 5.21. The number of fused-ring (bicyclic) bond motifs is 2. The number of amides is 1. The van der Waals surface area contributed by atoms with Crippen LogP contribution in [0.3, 0.4) is 0 Å². The lowest BCUT2D eigenvalue weighted by Gasteiger charge is -2.22. The second-order valence-electron chi connectivity index (χ2n) is 10.3. The average Bonchev–Trinajstić information content (AvgIpc) is 3.45. The predicted molar refractivity (Wildman–Crippen MR) is 142 cm³/mol. The van der Waals surface area contributed by atoms with Crippen molar-refractivity contribution in [3.63, 3.8) is 0 Å². The highest BCUT2D eigenvalue weighted by Gasteiger charge is 2.35. The lowest BCUT2D eigenvalue weighted by Crippen LogP contribution is -2.26. The van der Waals surface area contributed by atoms with Gasteiger partial charge >= 0.3 is 0 Å². The van der Waals surface area contributed by atoms with Gasteiger partial charge in [0.25, 0.3) is 0 Å². The monoisotopic (exact) mass is 476 g/mol. The van der Waals surface area contributed by atoms with Crippen LogP contribution >= 0.6 is 0 Å². The van der Waals surface area contributed by atoms with Gasteiger partial charge in [-0.15, -0.1) is 0 Å². The second kappa shape index (κ2) is 8.57. The van der Waals surface area contributed by atoms with Crippen LogP contribution in [0.2, 0.25) is 0 Å². The summed E-state index contributed by atoms with van der Waals surface area (Å²) < 4.78 is 1.77. The van der Waals surface area contributed by atoms with Crippen LogP contribution in [0.25, 0.3) is 33.0 Å².